The summed E-state index contributed by atoms with van der Waals surface area (Å²) < 4.78 is 37.0. The van der Waals surface area contributed by atoms with Gasteiger partial charge in [0.05, 0.1) is 0 Å². The average molecular weight is 418 g/mol. The van der Waals surface area contributed by atoms with Crippen LogP contribution in [0.15, 0.2) is 24.3 Å². The van der Waals surface area contributed by atoms with Crippen molar-refractivity contribution in [3.05, 3.63) is 35.4 Å². The van der Waals surface area contributed by atoms with E-state index in [1.165, 1.54) is 0 Å². The predicted octanol–water partition coefficient (Wildman–Crippen LogP) is 0.239. The first-order valence-electron chi connectivity index (χ1n) is 7.19. The second kappa shape index (κ2) is 7.40. The number of Topliss-reactive ketones (excluding diaryl/α,β-unsaturated/α-hetero) is 1. The van der Waals surface area contributed by atoms with Crippen LogP contribution in [0.5, 0.6) is 34.5 Å². The zero-order chi connectivity index (χ0) is 21.4. The van der Waals surface area contributed by atoms with E-state index in [2.05, 4.69) is 0 Å². The zero-order valence-electron chi connectivity index (χ0n) is 13.6. The minimum Gasteiger partial charge on any atom is -0.508 e. The Kier molecular flexibility index (Phi) is 5.56. The van der Waals surface area contributed by atoms with Gasteiger partial charge in [-0.2, -0.15) is 8.42 Å². The summed E-state index contributed by atoms with van der Waals surface area (Å²) in [6.45, 7) is 0. The van der Waals surface area contributed by atoms with E-state index in [1.54, 1.807) is 0 Å². The molecule has 0 spiro atoms. The summed E-state index contributed by atoms with van der Waals surface area (Å²) >= 11 is 0. The number of aliphatic hydroxyl groups is 1. The van der Waals surface area contributed by atoms with Crippen molar-refractivity contribution < 1.29 is 57.7 Å². The van der Waals surface area contributed by atoms with Gasteiger partial charge in [0, 0.05) is 17.7 Å². The number of phenolic OH excluding ortho intramolecular Hbond substituents is 5. The SMILES string of the molecule is O=C1c2c(O)cc(O)cc2OC(c2cc(O)c(O)c(O)c2)C1O.O=S(=O)(O)O. The molecular formula is C15H14O12S. The third-order valence-corrected chi connectivity index (χ3v) is 3.54. The molecule has 0 fully saturated rings. The highest BCUT2D eigenvalue weighted by molar-refractivity contribution is 7.79. The van der Waals surface area contributed by atoms with Crippen LogP contribution in [0, 0.1) is 0 Å². The van der Waals surface area contributed by atoms with Crippen LogP contribution in [-0.2, 0) is 10.4 Å². The lowest BCUT2D eigenvalue weighted by Crippen LogP contribution is -2.36. The fourth-order valence-corrected chi connectivity index (χ4v) is 2.45. The van der Waals surface area contributed by atoms with Crippen LogP contribution in [0.4, 0.5) is 0 Å². The Morgan fingerprint density at radius 2 is 1.36 bits per heavy atom. The van der Waals surface area contributed by atoms with E-state index in [1.807, 2.05) is 0 Å². The highest BCUT2D eigenvalue weighted by Gasteiger charge is 2.39. The van der Waals surface area contributed by atoms with Crippen LogP contribution in [0.1, 0.15) is 22.0 Å². The first-order chi connectivity index (χ1) is 12.8. The molecule has 0 amide bonds. The third kappa shape index (κ3) is 4.52. The van der Waals surface area contributed by atoms with Gasteiger partial charge in [0.25, 0.3) is 0 Å². The molecule has 1 aliphatic rings. The number of aromatic hydroxyl groups is 5. The highest BCUT2D eigenvalue weighted by atomic mass is 32.3. The lowest BCUT2D eigenvalue weighted by molar-refractivity contribution is 0.0209. The number of phenols is 5. The molecule has 0 radical (unpaired) electrons. The van der Waals surface area contributed by atoms with Crippen molar-refractivity contribution in [2.75, 3.05) is 0 Å². The van der Waals surface area contributed by atoms with Gasteiger partial charge in [0.15, 0.2) is 29.5 Å². The second-order valence-electron chi connectivity index (χ2n) is 5.54. The van der Waals surface area contributed by atoms with Crippen LogP contribution in [0.25, 0.3) is 0 Å². The third-order valence-electron chi connectivity index (χ3n) is 3.54. The van der Waals surface area contributed by atoms with Crippen molar-refractivity contribution in [3.63, 3.8) is 0 Å². The molecule has 0 aromatic heterocycles. The van der Waals surface area contributed by atoms with Gasteiger partial charge in [-0.05, 0) is 12.1 Å². The van der Waals surface area contributed by atoms with Gasteiger partial charge in [-0.3, -0.25) is 13.9 Å². The Labute approximate surface area is 156 Å². The molecule has 0 saturated carbocycles. The molecule has 8 N–H and O–H groups in total. The Bertz CT molecular complexity index is 999. The van der Waals surface area contributed by atoms with Crippen molar-refractivity contribution in [2.45, 2.75) is 12.2 Å². The van der Waals surface area contributed by atoms with Gasteiger partial charge in [-0.25, -0.2) is 0 Å². The van der Waals surface area contributed by atoms with Crippen molar-refractivity contribution in [3.8, 4) is 34.5 Å². The molecule has 13 heteroatoms. The van der Waals surface area contributed by atoms with Crippen molar-refractivity contribution in [1.82, 2.24) is 0 Å². The molecule has 12 nitrogen and oxygen atoms in total. The monoisotopic (exact) mass is 418 g/mol. The first kappa shape index (κ1) is 21.0. The quantitative estimate of drug-likeness (QED) is 0.230. The fourth-order valence-electron chi connectivity index (χ4n) is 2.45. The maximum Gasteiger partial charge on any atom is 0.394 e. The number of aliphatic hydroxyl groups excluding tert-OH is 1. The van der Waals surface area contributed by atoms with E-state index in [-0.39, 0.29) is 22.6 Å². The summed E-state index contributed by atoms with van der Waals surface area (Å²) in [5.74, 6) is -3.96. The number of ketones is 1. The molecule has 0 saturated heterocycles. The van der Waals surface area contributed by atoms with Gasteiger partial charge < -0.3 is 35.4 Å². The summed E-state index contributed by atoms with van der Waals surface area (Å²) in [6.07, 6.45) is -3.03. The number of hydrogen-bond donors (Lipinski definition) is 8. The van der Waals surface area contributed by atoms with Crippen LogP contribution in [-0.4, -0.2) is 60.0 Å². The lowest BCUT2D eigenvalue weighted by atomic mass is 9.92. The number of carbonyl (C=O) groups is 1. The van der Waals surface area contributed by atoms with E-state index in [0.717, 1.165) is 24.3 Å². The van der Waals surface area contributed by atoms with E-state index in [9.17, 15) is 35.4 Å². The minimum absolute atomic E-state index is 0.0205. The normalized spacial score (nSPS) is 18.5. The Morgan fingerprint density at radius 3 is 1.86 bits per heavy atom. The van der Waals surface area contributed by atoms with Crippen LogP contribution in [0.2, 0.25) is 0 Å². The highest BCUT2D eigenvalue weighted by Crippen LogP contribution is 2.44. The number of fused-ring (bicyclic) bond motifs is 1. The molecular weight excluding hydrogens is 404 g/mol. The van der Waals surface area contributed by atoms with Crippen LogP contribution >= 0.6 is 0 Å². The van der Waals surface area contributed by atoms with E-state index in [0.29, 0.717) is 0 Å². The number of ether oxygens (including phenoxy) is 1. The van der Waals surface area contributed by atoms with Crippen LogP contribution < -0.4 is 4.74 Å². The number of benzene rings is 2. The van der Waals surface area contributed by atoms with E-state index < -0.39 is 51.4 Å². The standard InChI is InChI=1S/C15H12O8.H2O4S/c16-6-3-7(17)11-10(4-6)23-15(14(22)13(11)21)5-1-8(18)12(20)9(19)2-5;1-5(2,3)4/h1-4,14-20,22H;(H2,1,2,3,4). The maximum atomic E-state index is 12.2. The van der Waals surface area contributed by atoms with Gasteiger partial charge in [-0.15, -0.1) is 0 Å². The smallest absolute Gasteiger partial charge is 0.394 e. The molecule has 1 aliphatic heterocycles. The number of rotatable bonds is 1. The molecule has 0 bridgehead atoms. The van der Waals surface area contributed by atoms with Gasteiger partial charge in [-0.1, -0.05) is 0 Å². The largest absolute Gasteiger partial charge is 0.508 e. The predicted molar refractivity (Wildman–Crippen MR) is 89.1 cm³/mol. The molecule has 2 aromatic carbocycles. The van der Waals surface area contributed by atoms with Gasteiger partial charge in [0.2, 0.25) is 5.78 Å². The zero-order valence-corrected chi connectivity index (χ0v) is 14.4. The van der Waals surface area contributed by atoms with E-state index in [4.69, 9.17) is 22.3 Å². The molecule has 2 atom stereocenters. The van der Waals surface area contributed by atoms with Crippen LogP contribution in [0.3, 0.4) is 0 Å². The average Bonchev–Trinajstić information content (AvgIpc) is 2.53. The number of hydrogen-bond acceptors (Lipinski definition) is 10. The van der Waals surface area contributed by atoms with Crippen molar-refractivity contribution >= 4 is 16.2 Å². The minimum atomic E-state index is -4.67. The van der Waals surface area contributed by atoms with Gasteiger partial charge in [0.1, 0.15) is 22.8 Å². The summed E-state index contributed by atoms with van der Waals surface area (Å²) in [5, 5.41) is 57.7. The Hall–Kier alpha value is -3.26. The molecule has 2 unspecified atom stereocenters. The van der Waals surface area contributed by atoms with Gasteiger partial charge >= 0.3 is 10.4 Å². The Balaban J connectivity index is 0.000000500. The molecule has 0 aliphatic carbocycles. The molecule has 28 heavy (non-hydrogen) atoms. The van der Waals surface area contributed by atoms with Crippen molar-refractivity contribution in [1.29, 1.82) is 0 Å². The topological polar surface area (TPSA) is 222 Å². The second-order valence-corrected chi connectivity index (χ2v) is 6.44. The maximum absolute atomic E-state index is 12.2. The molecule has 152 valence electrons. The fraction of sp³-hybridized carbons (Fsp3) is 0.133. The van der Waals surface area contributed by atoms with Crippen molar-refractivity contribution in [2.24, 2.45) is 0 Å². The summed E-state index contributed by atoms with van der Waals surface area (Å²) in [4.78, 5) is 12.2. The first-order valence-corrected chi connectivity index (χ1v) is 8.59. The summed E-state index contributed by atoms with van der Waals surface area (Å²) in [5.41, 5.74) is -0.258. The summed E-state index contributed by atoms with van der Waals surface area (Å²) in [6, 6.07) is 4.06. The number of carbonyl (C=O) groups excluding carboxylic acids is 1. The lowest BCUT2D eigenvalue weighted by Gasteiger charge is -2.30. The summed E-state index contributed by atoms with van der Waals surface area (Å²) in [7, 11) is -4.67. The Morgan fingerprint density at radius 1 is 0.857 bits per heavy atom. The molecule has 3 rings (SSSR count). The molecule has 2 aromatic rings. The molecule has 1 heterocycles. The van der Waals surface area contributed by atoms with E-state index >= 15 is 0 Å².